The number of aryl methyl sites for hydroxylation is 1. The summed E-state index contributed by atoms with van der Waals surface area (Å²) >= 11 is 0. The molecule has 0 atom stereocenters. The van der Waals surface area contributed by atoms with Crippen molar-refractivity contribution in [3.63, 3.8) is 0 Å². The average molecular weight is 231 g/mol. The van der Waals surface area contributed by atoms with Crippen molar-refractivity contribution in [2.24, 2.45) is 0 Å². The molecule has 0 bridgehead atoms. The van der Waals surface area contributed by atoms with Gasteiger partial charge < -0.3 is 5.11 Å². The Balaban J connectivity index is 2.73. The first-order chi connectivity index (χ1) is 7.06. The van der Waals surface area contributed by atoms with Crippen LogP contribution in [0.1, 0.15) is 5.56 Å². The van der Waals surface area contributed by atoms with Crippen molar-refractivity contribution in [1.29, 1.82) is 0 Å². The molecule has 84 valence electrons. The maximum atomic E-state index is 11.5. The highest BCUT2D eigenvalue weighted by Crippen LogP contribution is 2.11. The lowest BCUT2D eigenvalue weighted by Crippen LogP contribution is -2.23. The summed E-state index contributed by atoms with van der Waals surface area (Å²) in [4.78, 5) is 0.0820. The summed E-state index contributed by atoms with van der Waals surface area (Å²) in [6.45, 7) is 1.73. The first-order valence-corrected chi connectivity index (χ1v) is 5.81. The Bertz CT molecular complexity index is 399. The minimum atomic E-state index is -3.77. The van der Waals surface area contributed by atoms with Crippen LogP contribution in [0, 0.1) is 6.92 Å². The van der Waals surface area contributed by atoms with E-state index in [1.807, 2.05) is 6.92 Å². The topological polar surface area (TPSA) is 75.6 Å². The second-order valence-electron chi connectivity index (χ2n) is 2.97. The number of nitrogens with one attached hydrogen (secondary N) is 1. The molecular weight excluding hydrogens is 218 g/mol. The molecule has 0 heterocycles. The monoisotopic (exact) mass is 231 g/mol. The number of aliphatic hydroxyl groups is 1. The molecule has 0 aliphatic heterocycles. The summed E-state index contributed by atoms with van der Waals surface area (Å²) < 4.78 is 27.4. The van der Waals surface area contributed by atoms with Crippen LogP contribution in [-0.4, -0.2) is 26.7 Å². The van der Waals surface area contributed by atoms with Crippen LogP contribution >= 0.6 is 0 Å². The maximum Gasteiger partial charge on any atom is 0.312 e. The minimum Gasteiger partial charge on any atom is -0.395 e. The van der Waals surface area contributed by atoms with Crippen LogP contribution < -0.4 is 5.48 Å². The fraction of sp³-hybridized carbons (Fsp3) is 0.333. The summed E-state index contributed by atoms with van der Waals surface area (Å²) in [7, 11) is -3.77. The molecule has 5 nitrogen and oxygen atoms in total. The number of hydrogen-bond donors (Lipinski definition) is 2. The van der Waals surface area contributed by atoms with Gasteiger partial charge in [-0.25, -0.2) is 0 Å². The van der Waals surface area contributed by atoms with Crippen molar-refractivity contribution in [2.75, 3.05) is 13.2 Å². The molecule has 0 aliphatic rings. The maximum absolute atomic E-state index is 11.5. The van der Waals surface area contributed by atoms with Crippen LogP contribution in [-0.2, 0) is 14.4 Å². The van der Waals surface area contributed by atoms with Crippen molar-refractivity contribution < 1.29 is 17.8 Å². The van der Waals surface area contributed by atoms with Gasteiger partial charge in [0.15, 0.2) is 0 Å². The van der Waals surface area contributed by atoms with Gasteiger partial charge in [0.2, 0.25) is 0 Å². The smallest absolute Gasteiger partial charge is 0.312 e. The molecule has 6 heteroatoms. The van der Waals surface area contributed by atoms with E-state index in [9.17, 15) is 8.42 Å². The van der Waals surface area contributed by atoms with Crippen molar-refractivity contribution in [2.45, 2.75) is 11.8 Å². The van der Waals surface area contributed by atoms with E-state index in [2.05, 4.69) is 9.76 Å². The number of hydrogen-bond acceptors (Lipinski definition) is 5. The van der Waals surface area contributed by atoms with Crippen molar-refractivity contribution in [3.8, 4) is 0 Å². The lowest BCUT2D eigenvalue weighted by Gasteiger charge is -2.05. The third-order valence-electron chi connectivity index (χ3n) is 1.69. The molecule has 1 rings (SSSR count). The fourth-order valence-electron chi connectivity index (χ4n) is 0.918. The normalized spacial score (nSPS) is 11.6. The van der Waals surface area contributed by atoms with Crippen LogP contribution in [0.4, 0.5) is 0 Å². The molecule has 1 aromatic carbocycles. The Hall–Kier alpha value is -0.950. The Labute approximate surface area is 88.8 Å². The van der Waals surface area contributed by atoms with E-state index in [1.54, 1.807) is 12.1 Å². The zero-order chi connectivity index (χ0) is 11.3. The van der Waals surface area contributed by atoms with Gasteiger partial charge in [-0.2, -0.15) is 18.2 Å². The molecule has 0 spiro atoms. The Kier molecular flexibility index (Phi) is 4.22. The Morgan fingerprint density at radius 2 is 1.93 bits per heavy atom. The first kappa shape index (κ1) is 12.1. The number of benzene rings is 1. The average Bonchev–Trinajstić information content (AvgIpc) is 2.18. The largest absolute Gasteiger partial charge is 0.395 e. The van der Waals surface area contributed by atoms with Gasteiger partial charge in [-0.15, -0.1) is 0 Å². The van der Waals surface area contributed by atoms with Crippen molar-refractivity contribution in [3.05, 3.63) is 29.8 Å². The Morgan fingerprint density at radius 1 is 1.33 bits per heavy atom. The van der Waals surface area contributed by atoms with Gasteiger partial charge in [-0.05, 0) is 19.1 Å². The van der Waals surface area contributed by atoms with Gasteiger partial charge in [0, 0.05) is 6.54 Å². The van der Waals surface area contributed by atoms with E-state index in [-0.39, 0.29) is 18.0 Å². The quantitative estimate of drug-likeness (QED) is 0.559. The van der Waals surface area contributed by atoms with Crippen LogP contribution in [0.25, 0.3) is 0 Å². The molecule has 0 saturated heterocycles. The first-order valence-electron chi connectivity index (χ1n) is 4.40. The van der Waals surface area contributed by atoms with Crippen molar-refractivity contribution >= 4 is 10.1 Å². The highest BCUT2D eigenvalue weighted by atomic mass is 32.2. The second kappa shape index (κ2) is 5.22. The molecule has 1 aromatic rings. The van der Waals surface area contributed by atoms with Gasteiger partial charge >= 0.3 is 10.1 Å². The van der Waals surface area contributed by atoms with E-state index >= 15 is 0 Å². The van der Waals surface area contributed by atoms with E-state index in [4.69, 9.17) is 5.11 Å². The molecule has 2 N–H and O–H groups in total. The third kappa shape index (κ3) is 3.60. The van der Waals surface area contributed by atoms with Gasteiger partial charge in [0.05, 0.1) is 11.5 Å². The summed E-state index contributed by atoms with van der Waals surface area (Å²) in [6.07, 6.45) is 0. The van der Waals surface area contributed by atoms with Gasteiger partial charge in [-0.1, -0.05) is 17.7 Å². The lowest BCUT2D eigenvalue weighted by molar-refractivity contribution is 0.170. The van der Waals surface area contributed by atoms with Crippen LogP contribution in [0.3, 0.4) is 0 Å². The molecule has 15 heavy (non-hydrogen) atoms. The fourth-order valence-corrected chi connectivity index (χ4v) is 1.72. The van der Waals surface area contributed by atoms with E-state index in [0.717, 1.165) is 5.56 Å². The SMILES string of the molecule is Cc1ccc(S(=O)(=O)ONCCO)cc1. The van der Waals surface area contributed by atoms with Crippen LogP contribution in [0.2, 0.25) is 0 Å². The standard InChI is InChI=1S/C9H13NO4S/c1-8-2-4-9(5-3-8)15(12,13)14-10-6-7-11/h2-5,10-11H,6-7H2,1H3. The van der Waals surface area contributed by atoms with Gasteiger partial charge in [0.1, 0.15) is 0 Å². The van der Waals surface area contributed by atoms with E-state index in [1.165, 1.54) is 12.1 Å². The summed E-state index contributed by atoms with van der Waals surface area (Å²) in [5.41, 5.74) is 3.12. The summed E-state index contributed by atoms with van der Waals surface area (Å²) in [5.74, 6) is 0. The Morgan fingerprint density at radius 3 is 2.47 bits per heavy atom. The van der Waals surface area contributed by atoms with Crippen LogP contribution in [0.5, 0.6) is 0 Å². The lowest BCUT2D eigenvalue weighted by atomic mass is 10.2. The second-order valence-corrected chi connectivity index (χ2v) is 4.51. The van der Waals surface area contributed by atoms with Gasteiger partial charge in [-0.3, -0.25) is 0 Å². The molecule has 0 unspecified atom stereocenters. The molecule has 0 radical (unpaired) electrons. The third-order valence-corrected chi connectivity index (χ3v) is 2.88. The molecular formula is C9H13NO4S. The molecule has 0 aromatic heterocycles. The molecule has 0 fully saturated rings. The number of hydroxylamine groups is 1. The summed E-state index contributed by atoms with van der Waals surface area (Å²) in [5, 5.41) is 8.43. The predicted octanol–water partition coefficient (Wildman–Crippen LogP) is 0.197. The van der Waals surface area contributed by atoms with E-state index < -0.39 is 10.1 Å². The molecule has 0 saturated carbocycles. The number of rotatable bonds is 5. The molecule has 0 aliphatic carbocycles. The highest BCUT2D eigenvalue weighted by Gasteiger charge is 2.14. The summed E-state index contributed by atoms with van der Waals surface area (Å²) in [6, 6.07) is 6.29. The minimum absolute atomic E-state index is 0.0606. The van der Waals surface area contributed by atoms with Gasteiger partial charge in [0.25, 0.3) is 0 Å². The zero-order valence-corrected chi connectivity index (χ0v) is 9.12. The predicted molar refractivity (Wildman–Crippen MR) is 54.5 cm³/mol. The van der Waals surface area contributed by atoms with E-state index in [0.29, 0.717) is 0 Å². The number of aliphatic hydroxyl groups excluding tert-OH is 1. The van der Waals surface area contributed by atoms with Crippen molar-refractivity contribution in [1.82, 2.24) is 5.48 Å². The van der Waals surface area contributed by atoms with Crippen LogP contribution in [0.15, 0.2) is 29.2 Å². The molecule has 0 amide bonds. The highest BCUT2D eigenvalue weighted by molar-refractivity contribution is 7.86. The zero-order valence-electron chi connectivity index (χ0n) is 8.30.